The van der Waals surface area contributed by atoms with Gasteiger partial charge in [0.1, 0.15) is 0 Å². The highest BCUT2D eigenvalue weighted by molar-refractivity contribution is 5.07. The van der Waals surface area contributed by atoms with Crippen molar-refractivity contribution in [2.45, 2.75) is 37.8 Å². The van der Waals surface area contributed by atoms with Crippen molar-refractivity contribution in [1.82, 2.24) is 0 Å². The average Bonchev–Trinajstić information content (AvgIpc) is 2.26. The molecule has 0 aliphatic heterocycles. The molecule has 0 aromatic rings. The monoisotopic (exact) mass is 234 g/mol. The Balaban J connectivity index is 5.23. The molecule has 0 fully saturated rings. The first kappa shape index (κ1) is 15.9. The molecule has 2 nitrogen and oxygen atoms in total. The van der Waals surface area contributed by atoms with Gasteiger partial charge in [0.05, 0.1) is 5.66 Å². The van der Waals surface area contributed by atoms with Crippen molar-refractivity contribution < 1.29 is 0 Å². The lowest BCUT2D eigenvalue weighted by Gasteiger charge is -2.45. The van der Waals surface area contributed by atoms with E-state index in [-0.39, 0.29) is 5.41 Å². The van der Waals surface area contributed by atoms with E-state index < -0.39 is 5.66 Å². The van der Waals surface area contributed by atoms with Crippen molar-refractivity contribution in [3.8, 4) is 0 Å². The van der Waals surface area contributed by atoms with E-state index in [1.807, 2.05) is 18.2 Å². The molecule has 0 aromatic carbocycles. The predicted molar refractivity (Wildman–Crippen MR) is 77.4 cm³/mol. The minimum absolute atomic E-state index is 0.223. The van der Waals surface area contributed by atoms with Crippen LogP contribution in [0.3, 0.4) is 0 Å². The van der Waals surface area contributed by atoms with E-state index in [1.165, 1.54) is 0 Å². The van der Waals surface area contributed by atoms with E-state index >= 15 is 0 Å². The van der Waals surface area contributed by atoms with Crippen molar-refractivity contribution in [3.63, 3.8) is 0 Å². The van der Waals surface area contributed by atoms with E-state index in [0.717, 1.165) is 25.7 Å². The molecule has 0 amide bonds. The Morgan fingerprint density at radius 1 is 0.765 bits per heavy atom. The van der Waals surface area contributed by atoms with Crippen molar-refractivity contribution >= 4 is 0 Å². The largest absolute Gasteiger partial charge is 0.313 e. The Morgan fingerprint density at radius 3 is 1.59 bits per heavy atom. The molecule has 0 aromatic heterocycles. The van der Waals surface area contributed by atoms with Crippen LogP contribution in [0.5, 0.6) is 0 Å². The minimum atomic E-state index is -0.792. The molecule has 0 rings (SSSR count). The first-order valence-electron chi connectivity index (χ1n) is 6.01. The molecule has 0 heterocycles. The predicted octanol–water partition coefficient (Wildman–Crippen LogP) is 3.28. The zero-order valence-electron chi connectivity index (χ0n) is 10.8. The summed E-state index contributed by atoms with van der Waals surface area (Å²) in [5.41, 5.74) is 11.6. The normalized spacial score (nSPS) is 11.9. The van der Waals surface area contributed by atoms with Crippen LogP contribution in [-0.2, 0) is 0 Å². The lowest BCUT2D eigenvalue weighted by atomic mass is 9.66. The second kappa shape index (κ2) is 7.25. The van der Waals surface area contributed by atoms with E-state index in [1.54, 1.807) is 6.08 Å². The number of nitrogens with two attached hydrogens (primary N) is 2. The quantitative estimate of drug-likeness (QED) is 0.450. The third kappa shape index (κ3) is 3.99. The highest BCUT2D eigenvalue weighted by atomic mass is 15.0. The molecule has 0 spiro atoms. The van der Waals surface area contributed by atoms with Crippen molar-refractivity contribution in [2.75, 3.05) is 0 Å². The van der Waals surface area contributed by atoms with Gasteiger partial charge in [0, 0.05) is 5.41 Å². The van der Waals surface area contributed by atoms with Crippen LogP contribution in [-0.4, -0.2) is 5.66 Å². The second-order valence-electron chi connectivity index (χ2n) is 4.63. The summed E-state index contributed by atoms with van der Waals surface area (Å²) in [6.45, 7) is 15.1. The summed E-state index contributed by atoms with van der Waals surface area (Å²) in [6, 6.07) is 0. The molecule has 96 valence electrons. The first-order valence-corrected chi connectivity index (χ1v) is 6.01. The summed E-state index contributed by atoms with van der Waals surface area (Å²) in [6.07, 6.45) is 11.3. The van der Waals surface area contributed by atoms with Gasteiger partial charge < -0.3 is 11.5 Å². The van der Waals surface area contributed by atoms with Gasteiger partial charge in [-0.05, 0) is 32.1 Å². The highest BCUT2D eigenvalue weighted by Gasteiger charge is 2.42. The Morgan fingerprint density at radius 2 is 1.24 bits per heavy atom. The van der Waals surface area contributed by atoms with E-state index in [9.17, 15) is 0 Å². The van der Waals surface area contributed by atoms with E-state index in [0.29, 0.717) is 6.42 Å². The molecule has 2 heteroatoms. The van der Waals surface area contributed by atoms with Crippen LogP contribution in [0.4, 0.5) is 0 Å². The number of rotatable bonds is 10. The summed E-state index contributed by atoms with van der Waals surface area (Å²) in [7, 11) is 0. The lowest BCUT2D eigenvalue weighted by molar-refractivity contribution is 0.117. The van der Waals surface area contributed by atoms with Crippen molar-refractivity contribution in [3.05, 3.63) is 50.6 Å². The van der Waals surface area contributed by atoms with Gasteiger partial charge in [-0.1, -0.05) is 24.3 Å². The van der Waals surface area contributed by atoms with Crippen LogP contribution >= 0.6 is 0 Å². The highest BCUT2D eigenvalue weighted by Crippen LogP contribution is 2.41. The molecular weight excluding hydrogens is 208 g/mol. The second-order valence-corrected chi connectivity index (χ2v) is 4.63. The van der Waals surface area contributed by atoms with Gasteiger partial charge >= 0.3 is 0 Å². The summed E-state index contributed by atoms with van der Waals surface area (Å²) in [4.78, 5) is 0. The molecule has 0 atom stereocenters. The fraction of sp³-hybridized carbons (Fsp3) is 0.467. The third-order valence-electron chi connectivity index (χ3n) is 3.37. The molecule has 17 heavy (non-hydrogen) atoms. The fourth-order valence-corrected chi connectivity index (χ4v) is 2.29. The van der Waals surface area contributed by atoms with Crippen LogP contribution in [0.15, 0.2) is 50.6 Å². The van der Waals surface area contributed by atoms with Crippen LogP contribution in [0.1, 0.15) is 32.1 Å². The Labute approximate surface area is 106 Å². The van der Waals surface area contributed by atoms with Crippen LogP contribution in [0, 0.1) is 5.41 Å². The summed E-state index contributed by atoms with van der Waals surface area (Å²) >= 11 is 0. The minimum Gasteiger partial charge on any atom is -0.313 e. The first-order chi connectivity index (χ1) is 7.99. The number of hydrogen-bond acceptors (Lipinski definition) is 2. The third-order valence-corrected chi connectivity index (χ3v) is 3.37. The zero-order chi connectivity index (χ0) is 13.4. The lowest BCUT2D eigenvalue weighted by Crippen LogP contribution is -2.62. The number of allylic oxidation sites excluding steroid dienone is 3. The molecule has 0 aliphatic carbocycles. The van der Waals surface area contributed by atoms with Crippen LogP contribution in [0.25, 0.3) is 0 Å². The van der Waals surface area contributed by atoms with Crippen LogP contribution in [0.2, 0.25) is 0 Å². The Kier molecular flexibility index (Phi) is 6.78. The molecule has 0 saturated carbocycles. The summed E-state index contributed by atoms with van der Waals surface area (Å²) in [5, 5.41) is 0. The van der Waals surface area contributed by atoms with E-state index in [4.69, 9.17) is 11.5 Å². The van der Waals surface area contributed by atoms with Gasteiger partial charge in [0.25, 0.3) is 0 Å². The molecule has 0 aliphatic rings. The smallest absolute Gasteiger partial charge is 0.0735 e. The average molecular weight is 234 g/mol. The molecule has 4 N–H and O–H groups in total. The topological polar surface area (TPSA) is 52.0 Å². The van der Waals surface area contributed by atoms with Gasteiger partial charge in [-0.25, -0.2) is 0 Å². The van der Waals surface area contributed by atoms with Gasteiger partial charge in [0.2, 0.25) is 0 Å². The van der Waals surface area contributed by atoms with Gasteiger partial charge in [-0.2, -0.15) is 0 Å². The summed E-state index contributed by atoms with van der Waals surface area (Å²) in [5.74, 6) is 0. The van der Waals surface area contributed by atoms with Gasteiger partial charge in [-0.3, -0.25) is 0 Å². The zero-order valence-corrected chi connectivity index (χ0v) is 10.8. The van der Waals surface area contributed by atoms with Gasteiger partial charge in [0.15, 0.2) is 0 Å². The maximum atomic E-state index is 6.30. The van der Waals surface area contributed by atoms with E-state index in [2.05, 4.69) is 26.3 Å². The van der Waals surface area contributed by atoms with Crippen molar-refractivity contribution in [1.29, 1.82) is 0 Å². The maximum absolute atomic E-state index is 6.30. The standard InChI is InChI=1S/C15H26N2/c1-5-9-13-14(10-6-2,11-7-3)15(16,17)12-8-4/h5-8H,1-4,9-13,16-17H2. The molecule has 0 saturated heterocycles. The Bertz CT molecular complexity index is 267. The molecule has 0 bridgehead atoms. The van der Waals surface area contributed by atoms with Gasteiger partial charge in [-0.15, -0.1) is 26.3 Å². The maximum Gasteiger partial charge on any atom is 0.0735 e. The van der Waals surface area contributed by atoms with Crippen LogP contribution < -0.4 is 11.5 Å². The summed E-state index contributed by atoms with van der Waals surface area (Å²) < 4.78 is 0. The molecule has 0 unspecified atom stereocenters. The fourth-order valence-electron chi connectivity index (χ4n) is 2.29. The Hall–Kier alpha value is -1.12. The molecule has 0 radical (unpaired) electrons. The SMILES string of the molecule is C=CCCC(CC=C)(CC=C)C(N)(N)CC=C. The molecular formula is C15H26N2. The number of hydrogen-bond donors (Lipinski definition) is 2. The van der Waals surface area contributed by atoms with Crippen molar-refractivity contribution in [2.24, 2.45) is 16.9 Å².